The van der Waals surface area contributed by atoms with Crippen molar-refractivity contribution in [1.29, 1.82) is 0 Å². The second kappa shape index (κ2) is 3.72. The number of halogens is 2. The van der Waals surface area contributed by atoms with Crippen molar-refractivity contribution in [3.8, 4) is 0 Å². The molecular formula is C8H10BrI. The Labute approximate surface area is 77.5 Å². The first kappa shape index (κ1) is 8.53. The van der Waals surface area contributed by atoms with Crippen LogP contribution in [0.15, 0.2) is 28.7 Å². The van der Waals surface area contributed by atoms with Gasteiger partial charge in [-0.2, -0.15) is 0 Å². The molecule has 56 valence electrons. The van der Waals surface area contributed by atoms with Crippen LogP contribution in [0.5, 0.6) is 0 Å². The van der Waals surface area contributed by atoms with E-state index in [1.54, 1.807) is 3.57 Å². The first-order valence-corrected chi connectivity index (χ1v) is 9.14. The Kier molecular flexibility index (Phi) is 3.17. The van der Waals surface area contributed by atoms with E-state index >= 15 is 0 Å². The third-order valence-corrected chi connectivity index (χ3v) is 4.88. The van der Waals surface area contributed by atoms with Crippen molar-refractivity contribution in [2.24, 2.45) is 0 Å². The van der Waals surface area contributed by atoms with Crippen LogP contribution in [0.4, 0.5) is 0 Å². The molecule has 0 aromatic heterocycles. The van der Waals surface area contributed by atoms with Crippen LogP contribution in [0.2, 0.25) is 0 Å². The van der Waals surface area contributed by atoms with Crippen LogP contribution in [0.25, 0.3) is 0 Å². The molecule has 0 N–H and O–H groups in total. The minimum absolute atomic E-state index is 0.742. The summed E-state index contributed by atoms with van der Waals surface area (Å²) in [4.78, 5) is 4.71. The molecule has 0 nitrogen and oxygen atoms in total. The molecule has 0 heterocycles. The molecule has 0 aliphatic carbocycles. The summed E-state index contributed by atoms with van der Waals surface area (Å²) in [6.45, 7) is 0. The van der Waals surface area contributed by atoms with E-state index in [4.69, 9.17) is 0 Å². The summed E-state index contributed by atoms with van der Waals surface area (Å²) >= 11 is 2.71. The molecule has 1 aromatic carbocycles. The summed E-state index contributed by atoms with van der Waals surface area (Å²) in [5.41, 5.74) is 0. The molecule has 10 heavy (non-hydrogen) atoms. The quantitative estimate of drug-likeness (QED) is 0.551. The topological polar surface area (TPSA) is 0 Å². The van der Waals surface area contributed by atoms with E-state index in [1.807, 2.05) is 0 Å². The molecule has 0 aliphatic heterocycles. The van der Waals surface area contributed by atoms with E-state index in [0.29, 0.717) is 0 Å². The predicted molar refractivity (Wildman–Crippen MR) is 58.7 cm³/mol. The van der Waals surface area contributed by atoms with Crippen molar-refractivity contribution in [2.45, 2.75) is 0 Å². The average molecular weight is 313 g/mol. The monoisotopic (exact) mass is 312 g/mol. The Balaban J connectivity index is 2.96. The van der Waals surface area contributed by atoms with Crippen LogP contribution in [-0.2, 0) is 0 Å². The maximum absolute atomic E-state index is 3.46. The van der Waals surface area contributed by atoms with E-state index in [9.17, 15) is 0 Å². The SMILES string of the molecule is CI(C)c1cccc(Br)c1. The zero-order valence-electron chi connectivity index (χ0n) is 6.07. The summed E-state index contributed by atoms with van der Waals surface area (Å²) in [7, 11) is 0. The third-order valence-electron chi connectivity index (χ3n) is 1.22. The molecule has 0 saturated heterocycles. The Morgan fingerprint density at radius 1 is 1.30 bits per heavy atom. The van der Waals surface area contributed by atoms with Gasteiger partial charge in [0, 0.05) is 0 Å². The van der Waals surface area contributed by atoms with Gasteiger partial charge >= 0.3 is 77.9 Å². The average Bonchev–Trinajstić information content (AvgIpc) is 1.88. The van der Waals surface area contributed by atoms with Gasteiger partial charge in [0.15, 0.2) is 0 Å². The van der Waals surface area contributed by atoms with Gasteiger partial charge < -0.3 is 0 Å². The van der Waals surface area contributed by atoms with Crippen LogP contribution in [0.3, 0.4) is 0 Å². The van der Waals surface area contributed by atoms with Gasteiger partial charge in [-0.15, -0.1) is 0 Å². The number of alkyl halides is 2. The van der Waals surface area contributed by atoms with Crippen LogP contribution in [0.1, 0.15) is 0 Å². The minimum atomic E-state index is -0.742. The molecule has 0 atom stereocenters. The van der Waals surface area contributed by atoms with E-state index in [-0.39, 0.29) is 0 Å². The molecule has 0 bridgehead atoms. The van der Waals surface area contributed by atoms with Gasteiger partial charge in [0.25, 0.3) is 0 Å². The van der Waals surface area contributed by atoms with Crippen molar-refractivity contribution >= 4 is 35.7 Å². The standard InChI is InChI=1S/C8H10BrI/c1-10(2)8-5-3-4-7(9)6-8/h3-6H,1-2H3. The molecule has 0 amide bonds. The fraction of sp³-hybridized carbons (Fsp3) is 0.250. The maximum atomic E-state index is 3.46. The van der Waals surface area contributed by atoms with E-state index in [1.165, 1.54) is 4.47 Å². The van der Waals surface area contributed by atoms with Gasteiger partial charge in [0.05, 0.1) is 0 Å². The number of hydrogen-bond donors (Lipinski definition) is 0. The fourth-order valence-electron chi connectivity index (χ4n) is 0.695. The van der Waals surface area contributed by atoms with Crippen LogP contribution in [-0.4, -0.2) is 9.86 Å². The molecule has 0 unspecified atom stereocenters. The zero-order chi connectivity index (χ0) is 7.56. The summed E-state index contributed by atoms with van der Waals surface area (Å²) in [5.74, 6) is 0. The van der Waals surface area contributed by atoms with Gasteiger partial charge in [-0.25, -0.2) is 0 Å². The van der Waals surface area contributed by atoms with Crippen LogP contribution in [0, 0.1) is 3.57 Å². The summed E-state index contributed by atoms with van der Waals surface area (Å²) in [6, 6.07) is 8.63. The van der Waals surface area contributed by atoms with Crippen LogP contribution < -0.4 is 0 Å². The summed E-state index contributed by atoms with van der Waals surface area (Å²) in [5, 5.41) is 0. The normalized spacial score (nSPS) is 11.3. The third kappa shape index (κ3) is 2.23. The molecule has 0 saturated carbocycles. The first-order valence-electron chi connectivity index (χ1n) is 2.96. The molecule has 0 aliphatic rings. The van der Waals surface area contributed by atoms with Gasteiger partial charge in [-0.1, -0.05) is 0 Å². The predicted octanol–water partition coefficient (Wildman–Crippen LogP) is 3.38. The first-order chi connectivity index (χ1) is 4.70. The van der Waals surface area contributed by atoms with Crippen molar-refractivity contribution < 1.29 is 0 Å². The van der Waals surface area contributed by atoms with Crippen molar-refractivity contribution in [3.05, 3.63) is 32.3 Å². The van der Waals surface area contributed by atoms with Gasteiger partial charge in [0.1, 0.15) is 0 Å². The zero-order valence-corrected chi connectivity index (χ0v) is 9.81. The van der Waals surface area contributed by atoms with Crippen molar-refractivity contribution in [2.75, 3.05) is 9.86 Å². The molecular weight excluding hydrogens is 303 g/mol. The number of hydrogen-bond acceptors (Lipinski definition) is 0. The summed E-state index contributed by atoms with van der Waals surface area (Å²) < 4.78 is 2.74. The second-order valence-electron chi connectivity index (χ2n) is 2.20. The Morgan fingerprint density at radius 3 is 2.40 bits per heavy atom. The van der Waals surface area contributed by atoms with Crippen molar-refractivity contribution in [3.63, 3.8) is 0 Å². The Bertz CT molecular complexity index is 220. The fourth-order valence-corrected chi connectivity index (χ4v) is 3.41. The molecule has 1 rings (SSSR count). The van der Waals surface area contributed by atoms with E-state index in [0.717, 1.165) is 0 Å². The molecule has 0 spiro atoms. The van der Waals surface area contributed by atoms with Gasteiger partial charge in [0.2, 0.25) is 0 Å². The van der Waals surface area contributed by atoms with E-state index < -0.39 is 19.8 Å². The molecule has 0 radical (unpaired) electrons. The van der Waals surface area contributed by atoms with Gasteiger partial charge in [-0.3, -0.25) is 0 Å². The second-order valence-corrected chi connectivity index (χ2v) is 8.67. The van der Waals surface area contributed by atoms with Gasteiger partial charge in [-0.05, 0) is 0 Å². The van der Waals surface area contributed by atoms with Crippen molar-refractivity contribution in [1.82, 2.24) is 0 Å². The number of benzene rings is 1. The molecule has 0 fully saturated rings. The number of rotatable bonds is 1. The van der Waals surface area contributed by atoms with E-state index in [2.05, 4.69) is 50.1 Å². The Hall–Kier alpha value is 0.430. The molecule has 2 heteroatoms. The molecule has 1 aromatic rings. The summed E-state index contributed by atoms with van der Waals surface area (Å²) in [6.07, 6.45) is 0. The van der Waals surface area contributed by atoms with Crippen LogP contribution >= 0.6 is 35.7 Å². The Morgan fingerprint density at radius 2 is 2.00 bits per heavy atom.